The quantitative estimate of drug-likeness (QED) is 0.155. The molecule has 0 saturated heterocycles. The molecule has 0 aliphatic carbocycles. The molecule has 6 heteroatoms. The number of carbonyl (C=O) groups is 1. The van der Waals surface area contributed by atoms with Crippen LogP contribution in [-0.4, -0.2) is 31.0 Å². The van der Waals surface area contributed by atoms with E-state index in [9.17, 15) is 9.90 Å². The summed E-state index contributed by atoms with van der Waals surface area (Å²) in [4.78, 5) is 29.4. The summed E-state index contributed by atoms with van der Waals surface area (Å²) in [5.41, 5.74) is 14.7. The largest absolute Gasteiger partial charge is 0.478 e. The highest BCUT2D eigenvalue weighted by Gasteiger charge is 2.17. The van der Waals surface area contributed by atoms with Crippen LogP contribution in [0.5, 0.6) is 0 Å². The third kappa shape index (κ3) is 6.59. The van der Waals surface area contributed by atoms with Crippen molar-refractivity contribution >= 4 is 58.4 Å². The standard InChI is InChI=1S/C49H32N4O2/c54-49(55)36-22-20-32(21-23-36)12-10-11-19-37-38-24-26-40(50-38)46(33-13-4-1-5-14-33)42-28-30-44(52-42)48(35-17-8-3-9-18-35)45-31-29-43(53-45)47(34-15-6-2-7-16-34)41-27-25-39(37)51-41/h1-10,12-18,20-31,50,53H,(H,54,55)/b12-10+,38-37?,39-37?,46-40?,46-42?,47-41?,47-43?,48-44?,48-45?. The van der Waals surface area contributed by atoms with E-state index in [1.165, 1.54) is 0 Å². The minimum absolute atomic E-state index is 0.238. The van der Waals surface area contributed by atoms with Gasteiger partial charge in [0.1, 0.15) is 0 Å². The maximum atomic E-state index is 11.3. The fourth-order valence-corrected chi connectivity index (χ4v) is 7.05. The molecule has 55 heavy (non-hydrogen) atoms. The van der Waals surface area contributed by atoms with Crippen LogP contribution in [0.3, 0.4) is 0 Å². The predicted octanol–water partition coefficient (Wildman–Crippen LogP) is 11.4. The fourth-order valence-electron chi connectivity index (χ4n) is 7.05. The molecule has 8 bridgehead atoms. The summed E-state index contributed by atoms with van der Waals surface area (Å²) in [6.45, 7) is 0. The Balaban J connectivity index is 1.35. The number of nitrogens with one attached hydrogen (secondary N) is 2. The zero-order chi connectivity index (χ0) is 37.1. The van der Waals surface area contributed by atoms with E-state index in [0.29, 0.717) is 0 Å². The number of aromatic carboxylic acids is 1. The number of nitrogens with zero attached hydrogens (tertiary/aromatic N) is 2. The molecular formula is C49H32N4O2. The van der Waals surface area contributed by atoms with Crippen molar-refractivity contribution in [3.8, 4) is 45.2 Å². The van der Waals surface area contributed by atoms with Gasteiger partial charge in [-0.05, 0) is 95.1 Å². The van der Waals surface area contributed by atoms with Gasteiger partial charge in [0.25, 0.3) is 0 Å². The first-order valence-corrected chi connectivity index (χ1v) is 17.9. The number of hydrogen-bond acceptors (Lipinski definition) is 3. The molecular weight excluding hydrogens is 677 g/mol. The molecule has 3 N–H and O–H groups in total. The predicted molar refractivity (Wildman–Crippen MR) is 224 cm³/mol. The summed E-state index contributed by atoms with van der Waals surface area (Å²) >= 11 is 0. The Labute approximate surface area is 317 Å². The number of benzene rings is 4. The molecule has 0 fully saturated rings. The Morgan fingerprint density at radius 2 is 0.927 bits per heavy atom. The van der Waals surface area contributed by atoms with Crippen molar-refractivity contribution < 1.29 is 9.90 Å². The molecule has 0 spiro atoms. The minimum Gasteiger partial charge on any atom is -0.478 e. The van der Waals surface area contributed by atoms with Crippen LogP contribution < -0.4 is 0 Å². The molecule has 0 unspecified atom stereocenters. The van der Waals surface area contributed by atoms with Crippen LogP contribution in [0.2, 0.25) is 0 Å². The molecule has 2 aliphatic rings. The van der Waals surface area contributed by atoms with Gasteiger partial charge in [-0.25, -0.2) is 14.8 Å². The highest BCUT2D eigenvalue weighted by molar-refractivity contribution is 5.98. The van der Waals surface area contributed by atoms with E-state index in [0.717, 1.165) is 89.4 Å². The number of fused-ring (bicyclic) bond motifs is 8. The van der Waals surface area contributed by atoms with E-state index in [-0.39, 0.29) is 5.56 Å². The van der Waals surface area contributed by atoms with Crippen LogP contribution in [0.1, 0.15) is 44.3 Å². The normalized spacial score (nSPS) is 11.8. The summed E-state index contributed by atoms with van der Waals surface area (Å²) in [7, 11) is 0. The maximum Gasteiger partial charge on any atom is 0.335 e. The summed E-state index contributed by atoms with van der Waals surface area (Å²) in [6, 6.07) is 46.1. The van der Waals surface area contributed by atoms with Gasteiger partial charge in [0.2, 0.25) is 0 Å². The first-order chi connectivity index (χ1) is 27.1. The van der Waals surface area contributed by atoms with E-state index in [4.69, 9.17) is 9.97 Å². The molecule has 0 amide bonds. The number of aromatic nitrogens is 4. The monoisotopic (exact) mass is 708 g/mol. The minimum atomic E-state index is -0.958. The van der Waals surface area contributed by atoms with Crippen LogP contribution >= 0.6 is 0 Å². The summed E-state index contributed by atoms with van der Waals surface area (Å²) < 4.78 is 0. The van der Waals surface area contributed by atoms with Gasteiger partial charge in [0.15, 0.2) is 0 Å². The van der Waals surface area contributed by atoms with Crippen molar-refractivity contribution in [3.05, 3.63) is 185 Å². The van der Waals surface area contributed by atoms with Crippen molar-refractivity contribution in [1.82, 2.24) is 19.9 Å². The van der Waals surface area contributed by atoms with Gasteiger partial charge in [-0.15, -0.1) is 0 Å². The first-order valence-electron chi connectivity index (χ1n) is 17.9. The maximum absolute atomic E-state index is 11.3. The molecule has 6 nitrogen and oxygen atoms in total. The van der Waals surface area contributed by atoms with Gasteiger partial charge in [-0.1, -0.05) is 115 Å². The van der Waals surface area contributed by atoms with Crippen LogP contribution in [0.15, 0.2) is 146 Å². The van der Waals surface area contributed by atoms with Gasteiger partial charge in [0, 0.05) is 33.2 Å². The zero-order valence-corrected chi connectivity index (χ0v) is 29.5. The lowest BCUT2D eigenvalue weighted by Crippen LogP contribution is -1.94. The number of rotatable bonds is 5. The molecule has 5 heterocycles. The molecule has 260 valence electrons. The second kappa shape index (κ2) is 14.3. The Hall–Kier alpha value is -7.75. The number of carboxylic acid groups (broad SMARTS) is 1. The van der Waals surface area contributed by atoms with Gasteiger partial charge < -0.3 is 15.1 Å². The van der Waals surface area contributed by atoms with Crippen LogP contribution in [0, 0.1) is 11.8 Å². The lowest BCUT2D eigenvalue weighted by molar-refractivity contribution is 0.0697. The summed E-state index contributed by atoms with van der Waals surface area (Å²) in [6.07, 6.45) is 11.9. The topological polar surface area (TPSA) is 94.7 Å². The number of hydrogen-bond donors (Lipinski definition) is 3. The summed E-state index contributed by atoms with van der Waals surface area (Å²) in [5, 5.41) is 9.28. The van der Waals surface area contributed by atoms with Crippen LogP contribution in [0.4, 0.5) is 0 Å². The third-order valence-corrected chi connectivity index (χ3v) is 9.66. The number of aromatic amines is 2. The van der Waals surface area contributed by atoms with Gasteiger partial charge >= 0.3 is 5.97 Å². The van der Waals surface area contributed by atoms with Gasteiger partial charge in [0.05, 0.1) is 39.4 Å². The lowest BCUT2D eigenvalue weighted by Gasteiger charge is -2.06. The van der Waals surface area contributed by atoms with Crippen LogP contribution in [-0.2, 0) is 0 Å². The molecule has 3 aromatic heterocycles. The third-order valence-electron chi connectivity index (χ3n) is 9.66. The van der Waals surface area contributed by atoms with E-state index >= 15 is 0 Å². The molecule has 2 aliphatic heterocycles. The number of carboxylic acids is 1. The SMILES string of the molecule is O=C(O)c1ccc(/C=C/C#Cc2c3nc(c(-c4ccccc4)c4ccc([nH]4)c(-c4ccccc4)c4nc(c(-c5ccccc5)c5ccc2[nH]5)C=C4)C=C3)cc1. The van der Waals surface area contributed by atoms with Crippen molar-refractivity contribution in [2.24, 2.45) is 0 Å². The first kappa shape index (κ1) is 33.1. The van der Waals surface area contributed by atoms with E-state index in [1.54, 1.807) is 30.3 Å². The molecule has 0 saturated carbocycles. The second-order valence-corrected chi connectivity index (χ2v) is 13.1. The van der Waals surface area contributed by atoms with E-state index < -0.39 is 5.97 Å². The van der Waals surface area contributed by atoms with Crippen molar-refractivity contribution in [2.75, 3.05) is 0 Å². The summed E-state index contributed by atoms with van der Waals surface area (Å²) in [5.74, 6) is 5.66. The molecule has 0 atom stereocenters. The lowest BCUT2D eigenvalue weighted by atomic mass is 10.0. The molecule has 7 aromatic rings. The van der Waals surface area contributed by atoms with Crippen LogP contribution in [0.25, 0.3) is 85.8 Å². The Kier molecular flexibility index (Phi) is 8.64. The molecule has 4 aromatic carbocycles. The van der Waals surface area contributed by atoms with Crippen molar-refractivity contribution in [1.29, 1.82) is 0 Å². The highest BCUT2D eigenvalue weighted by atomic mass is 16.4. The Bertz CT molecular complexity index is 2890. The van der Waals surface area contributed by atoms with E-state index in [1.807, 2.05) is 60.7 Å². The molecule has 9 rings (SSSR count). The van der Waals surface area contributed by atoms with Gasteiger partial charge in [-0.2, -0.15) is 0 Å². The highest BCUT2D eigenvalue weighted by Crippen LogP contribution is 2.36. The van der Waals surface area contributed by atoms with Gasteiger partial charge in [-0.3, -0.25) is 0 Å². The average molecular weight is 709 g/mol. The smallest absolute Gasteiger partial charge is 0.335 e. The number of allylic oxidation sites excluding steroid dienone is 1. The Morgan fingerprint density at radius 3 is 1.40 bits per heavy atom. The second-order valence-electron chi connectivity index (χ2n) is 13.1. The number of H-pyrrole nitrogens is 2. The average Bonchev–Trinajstić information content (AvgIpc) is 4.07. The van der Waals surface area contributed by atoms with Crippen molar-refractivity contribution in [3.63, 3.8) is 0 Å². The van der Waals surface area contributed by atoms with Crippen molar-refractivity contribution in [2.45, 2.75) is 0 Å². The Morgan fingerprint density at radius 1 is 0.509 bits per heavy atom. The molecule has 0 radical (unpaired) electrons. The fraction of sp³-hybridized carbons (Fsp3) is 0. The zero-order valence-electron chi connectivity index (χ0n) is 29.5. The van der Waals surface area contributed by atoms with E-state index in [2.05, 4.69) is 107 Å².